The molecule has 0 aromatic rings. The number of esters is 1. The molecule has 166 valence electrons. The summed E-state index contributed by atoms with van der Waals surface area (Å²) in [6, 6.07) is 3.42. The second-order valence-corrected chi connectivity index (χ2v) is 12.5. The predicted octanol–water partition coefficient (Wildman–Crippen LogP) is 7.38. The third-order valence-electron chi connectivity index (χ3n) is 5.88. The number of hydrogen-bond acceptors (Lipinski definition) is 3. The zero-order valence-electron chi connectivity index (χ0n) is 19.9. The van der Waals surface area contributed by atoms with Crippen LogP contribution in [0.2, 0.25) is 18.1 Å². The SMILES string of the molecule is CC[C@H](C)CC/C=C/C=C(\C)C(C/C=C/C=C/C(=O)OC)O[Si](CC)(CC)CC. The fourth-order valence-corrected chi connectivity index (χ4v) is 6.01. The van der Waals surface area contributed by atoms with Gasteiger partial charge in [-0.1, -0.05) is 77.5 Å². The van der Waals surface area contributed by atoms with Gasteiger partial charge in [-0.25, -0.2) is 4.79 Å². The van der Waals surface area contributed by atoms with Gasteiger partial charge in [0.25, 0.3) is 0 Å². The lowest BCUT2D eigenvalue weighted by atomic mass is 10.0. The van der Waals surface area contributed by atoms with Gasteiger partial charge in [-0.3, -0.25) is 0 Å². The van der Waals surface area contributed by atoms with E-state index in [9.17, 15) is 4.79 Å². The van der Waals surface area contributed by atoms with Gasteiger partial charge in [0.15, 0.2) is 8.32 Å². The molecule has 0 rings (SSSR count). The smallest absolute Gasteiger partial charge is 0.330 e. The van der Waals surface area contributed by atoms with E-state index < -0.39 is 8.32 Å². The van der Waals surface area contributed by atoms with Gasteiger partial charge >= 0.3 is 5.97 Å². The molecule has 4 heteroatoms. The minimum atomic E-state index is -1.70. The molecule has 0 amide bonds. The van der Waals surface area contributed by atoms with E-state index in [-0.39, 0.29) is 12.1 Å². The Morgan fingerprint density at radius 3 is 2.21 bits per heavy atom. The molecule has 0 aliphatic carbocycles. The van der Waals surface area contributed by atoms with E-state index in [1.165, 1.54) is 31.6 Å². The van der Waals surface area contributed by atoms with E-state index in [2.05, 4.69) is 70.6 Å². The summed E-state index contributed by atoms with van der Waals surface area (Å²) in [4.78, 5) is 11.2. The van der Waals surface area contributed by atoms with E-state index in [1.54, 1.807) is 6.08 Å². The Labute approximate surface area is 181 Å². The molecule has 0 radical (unpaired) electrons. The standard InChI is InChI=1S/C25H44O3Si/c1-8-22(5)18-14-12-15-19-23(6)24(28-29(9-2,10-3)11-4)20-16-13-17-21-25(26)27-7/h12-13,15-17,19,21-22,24H,8-11,14,18,20H2,1-7H3/b15-12+,16-13+,21-17+,23-19+/t22-,24?/m0/s1. The first-order chi connectivity index (χ1) is 13.9. The van der Waals surface area contributed by atoms with Crippen molar-refractivity contribution in [1.29, 1.82) is 0 Å². The molecule has 0 N–H and O–H groups in total. The Hall–Kier alpha value is -1.39. The van der Waals surface area contributed by atoms with Gasteiger partial charge in [-0.05, 0) is 55.8 Å². The maximum Gasteiger partial charge on any atom is 0.330 e. The van der Waals surface area contributed by atoms with Crippen molar-refractivity contribution < 1.29 is 14.0 Å². The third-order valence-corrected chi connectivity index (χ3v) is 10.5. The van der Waals surface area contributed by atoms with E-state index in [4.69, 9.17) is 4.43 Å². The van der Waals surface area contributed by atoms with Crippen LogP contribution in [0.3, 0.4) is 0 Å². The molecule has 0 bridgehead atoms. The van der Waals surface area contributed by atoms with Crippen LogP contribution in [0.25, 0.3) is 0 Å². The van der Waals surface area contributed by atoms with Gasteiger partial charge in [0, 0.05) is 6.08 Å². The average molecular weight is 421 g/mol. The van der Waals surface area contributed by atoms with Gasteiger partial charge in [0.05, 0.1) is 13.2 Å². The fourth-order valence-electron chi connectivity index (χ4n) is 3.12. The van der Waals surface area contributed by atoms with E-state index >= 15 is 0 Å². The summed E-state index contributed by atoms with van der Waals surface area (Å²) in [5.74, 6) is 0.449. The number of hydrogen-bond donors (Lipinski definition) is 0. The normalized spacial score (nSPS) is 15.5. The van der Waals surface area contributed by atoms with Crippen LogP contribution < -0.4 is 0 Å². The molecule has 0 spiro atoms. The number of methoxy groups -OCH3 is 1. The number of allylic oxidation sites excluding steroid dienone is 5. The molecule has 0 fully saturated rings. The topological polar surface area (TPSA) is 35.5 Å². The average Bonchev–Trinajstić information content (AvgIpc) is 2.75. The number of carbonyl (C=O) groups excluding carboxylic acids is 1. The van der Waals surface area contributed by atoms with Gasteiger partial charge in [0.1, 0.15) is 0 Å². The highest BCUT2D eigenvalue weighted by molar-refractivity contribution is 6.73. The van der Waals surface area contributed by atoms with Crippen molar-refractivity contribution in [2.45, 2.75) is 91.5 Å². The van der Waals surface area contributed by atoms with Crippen LogP contribution in [0.4, 0.5) is 0 Å². The summed E-state index contributed by atoms with van der Waals surface area (Å²) in [6.07, 6.45) is 18.3. The molecule has 29 heavy (non-hydrogen) atoms. The Balaban J connectivity index is 5.16. The summed E-state index contributed by atoms with van der Waals surface area (Å²) < 4.78 is 11.4. The Bertz CT molecular complexity index is 548. The summed E-state index contributed by atoms with van der Waals surface area (Å²) >= 11 is 0. The summed E-state index contributed by atoms with van der Waals surface area (Å²) in [5, 5.41) is 0. The zero-order chi connectivity index (χ0) is 22.1. The van der Waals surface area contributed by atoms with Crippen LogP contribution in [-0.2, 0) is 14.0 Å². The quantitative estimate of drug-likeness (QED) is 0.120. The molecule has 3 nitrogen and oxygen atoms in total. The van der Waals surface area contributed by atoms with Crippen molar-refractivity contribution in [2.24, 2.45) is 5.92 Å². The van der Waals surface area contributed by atoms with Crippen LogP contribution in [0.15, 0.2) is 48.1 Å². The van der Waals surface area contributed by atoms with Crippen LogP contribution in [0, 0.1) is 5.92 Å². The number of rotatable bonds is 15. The lowest BCUT2D eigenvalue weighted by molar-refractivity contribution is -0.134. The minimum Gasteiger partial charge on any atom is -0.466 e. The van der Waals surface area contributed by atoms with Crippen molar-refractivity contribution in [3.63, 3.8) is 0 Å². The maximum absolute atomic E-state index is 11.2. The third kappa shape index (κ3) is 12.0. The minimum absolute atomic E-state index is 0.0866. The molecule has 0 aliphatic rings. The lowest BCUT2D eigenvalue weighted by Gasteiger charge is -2.33. The van der Waals surface area contributed by atoms with Crippen molar-refractivity contribution >= 4 is 14.3 Å². The monoisotopic (exact) mass is 420 g/mol. The lowest BCUT2D eigenvalue weighted by Crippen LogP contribution is -2.40. The van der Waals surface area contributed by atoms with Gasteiger partial charge in [0.2, 0.25) is 0 Å². The fraction of sp³-hybridized carbons (Fsp3) is 0.640. The van der Waals surface area contributed by atoms with Gasteiger partial charge in [-0.2, -0.15) is 0 Å². The second-order valence-electron chi connectivity index (χ2n) is 7.83. The maximum atomic E-state index is 11.2. The van der Waals surface area contributed by atoms with E-state index in [1.807, 2.05) is 6.08 Å². The van der Waals surface area contributed by atoms with Gasteiger partial charge in [-0.15, -0.1) is 0 Å². The second kappa shape index (κ2) is 16.4. The van der Waals surface area contributed by atoms with Crippen molar-refractivity contribution in [3.05, 3.63) is 48.1 Å². The Kier molecular flexibility index (Phi) is 15.6. The molecule has 2 atom stereocenters. The largest absolute Gasteiger partial charge is 0.466 e. The van der Waals surface area contributed by atoms with Crippen molar-refractivity contribution in [2.75, 3.05) is 7.11 Å². The molecule has 0 aromatic carbocycles. The molecule has 0 aliphatic heterocycles. The summed E-state index contributed by atoms with van der Waals surface area (Å²) in [6.45, 7) is 13.5. The van der Waals surface area contributed by atoms with E-state index in [0.717, 1.165) is 36.9 Å². The Morgan fingerprint density at radius 2 is 1.66 bits per heavy atom. The van der Waals surface area contributed by atoms with Crippen molar-refractivity contribution in [3.8, 4) is 0 Å². The molecule has 0 saturated carbocycles. The highest BCUT2D eigenvalue weighted by atomic mass is 28.4. The Morgan fingerprint density at radius 1 is 1.00 bits per heavy atom. The molecule has 0 heterocycles. The van der Waals surface area contributed by atoms with Crippen LogP contribution in [0.1, 0.15) is 67.2 Å². The predicted molar refractivity (Wildman–Crippen MR) is 129 cm³/mol. The first-order valence-electron chi connectivity index (χ1n) is 11.3. The summed E-state index contributed by atoms with van der Waals surface area (Å²) in [7, 11) is -0.316. The number of carbonyl (C=O) groups is 1. The van der Waals surface area contributed by atoms with Crippen LogP contribution in [0.5, 0.6) is 0 Å². The van der Waals surface area contributed by atoms with Crippen molar-refractivity contribution in [1.82, 2.24) is 0 Å². The van der Waals surface area contributed by atoms with Crippen LogP contribution >= 0.6 is 0 Å². The molecular weight excluding hydrogens is 376 g/mol. The summed E-state index contributed by atoms with van der Waals surface area (Å²) in [5.41, 5.74) is 1.26. The van der Waals surface area contributed by atoms with Crippen LogP contribution in [-0.4, -0.2) is 27.5 Å². The molecular formula is C25H44O3Si. The first kappa shape index (κ1) is 27.6. The van der Waals surface area contributed by atoms with E-state index in [0.29, 0.717) is 0 Å². The molecule has 0 aromatic heterocycles. The molecule has 1 unspecified atom stereocenters. The number of ether oxygens (including phenoxy) is 1. The first-order valence-corrected chi connectivity index (χ1v) is 13.8. The highest BCUT2D eigenvalue weighted by Gasteiger charge is 2.32. The zero-order valence-corrected chi connectivity index (χ0v) is 20.9. The molecule has 0 saturated heterocycles. The van der Waals surface area contributed by atoms with Gasteiger partial charge < -0.3 is 9.16 Å². The highest BCUT2D eigenvalue weighted by Crippen LogP contribution is 2.27.